The highest BCUT2D eigenvalue weighted by Crippen LogP contribution is 2.21. The van der Waals surface area contributed by atoms with Crippen molar-refractivity contribution in [2.45, 2.75) is 32.4 Å². The molecule has 0 aromatic carbocycles. The van der Waals surface area contributed by atoms with Gasteiger partial charge in [-0.3, -0.25) is 0 Å². The molecular formula is C12H23N3O2. The van der Waals surface area contributed by atoms with Crippen molar-refractivity contribution in [3.63, 3.8) is 0 Å². The Morgan fingerprint density at radius 2 is 2.24 bits per heavy atom. The summed E-state index contributed by atoms with van der Waals surface area (Å²) in [6.07, 6.45) is 0.878. The van der Waals surface area contributed by atoms with Crippen LogP contribution in [0, 0.1) is 5.92 Å². The summed E-state index contributed by atoms with van der Waals surface area (Å²) in [5.74, 6) is 0.585. The van der Waals surface area contributed by atoms with Gasteiger partial charge in [-0.2, -0.15) is 0 Å². The van der Waals surface area contributed by atoms with E-state index in [1.54, 1.807) is 0 Å². The monoisotopic (exact) mass is 241 g/mol. The van der Waals surface area contributed by atoms with Crippen LogP contribution in [0.1, 0.15) is 20.3 Å². The molecule has 0 saturated carbocycles. The van der Waals surface area contributed by atoms with Crippen molar-refractivity contribution in [2.75, 3.05) is 32.7 Å². The van der Waals surface area contributed by atoms with Crippen molar-refractivity contribution in [2.24, 2.45) is 11.7 Å². The molecule has 2 atom stereocenters. The van der Waals surface area contributed by atoms with E-state index in [9.17, 15) is 4.79 Å². The highest BCUT2D eigenvalue weighted by atomic mass is 16.6. The Morgan fingerprint density at radius 3 is 2.76 bits per heavy atom. The number of nitrogens with two attached hydrogens (primary N) is 1. The molecule has 2 heterocycles. The summed E-state index contributed by atoms with van der Waals surface area (Å²) in [4.78, 5) is 15.9. The lowest BCUT2D eigenvalue weighted by atomic mass is 10.1. The van der Waals surface area contributed by atoms with Crippen LogP contribution in [-0.4, -0.2) is 60.8 Å². The van der Waals surface area contributed by atoms with E-state index in [2.05, 4.69) is 18.7 Å². The molecule has 0 aliphatic carbocycles. The lowest BCUT2D eigenvalue weighted by molar-refractivity contribution is 0.133. The van der Waals surface area contributed by atoms with Gasteiger partial charge in [-0.1, -0.05) is 0 Å². The number of likely N-dealkylation sites (tertiary alicyclic amines) is 1. The SMILES string of the molecule is CC(C)N1CCC(CN2C[C@H](CN)OC2=O)C1. The summed E-state index contributed by atoms with van der Waals surface area (Å²) in [5.41, 5.74) is 5.52. The van der Waals surface area contributed by atoms with Crippen LogP contribution in [0.25, 0.3) is 0 Å². The van der Waals surface area contributed by atoms with Gasteiger partial charge in [0, 0.05) is 25.7 Å². The second kappa shape index (κ2) is 5.23. The zero-order valence-electron chi connectivity index (χ0n) is 10.8. The van der Waals surface area contributed by atoms with Crippen molar-refractivity contribution in [1.29, 1.82) is 0 Å². The average molecular weight is 241 g/mol. The minimum absolute atomic E-state index is 0.106. The number of nitrogens with zero attached hydrogens (tertiary/aromatic N) is 2. The van der Waals surface area contributed by atoms with E-state index in [1.807, 2.05) is 4.90 Å². The summed E-state index contributed by atoms with van der Waals surface area (Å²) in [7, 11) is 0. The number of amides is 1. The van der Waals surface area contributed by atoms with Gasteiger partial charge in [0.25, 0.3) is 0 Å². The van der Waals surface area contributed by atoms with E-state index in [4.69, 9.17) is 10.5 Å². The fourth-order valence-corrected chi connectivity index (χ4v) is 2.64. The number of rotatable bonds is 4. The van der Waals surface area contributed by atoms with Crippen LogP contribution in [0.4, 0.5) is 4.79 Å². The first-order chi connectivity index (χ1) is 8.10. The first kappa shape index (κ1) is 12.6. The number of hydrogen-bond acceptors (Lipinski definition) is 4. The Bertz CT molecular complexity index is 283. The standard InChI is InChI=1S/C12H23N3O2/c1-9(2)14-4-3-10(6-14)7-15-8-11(5-13)17-12(15)16/h9-11H,3-8,13H2,1-2H3/t10?,11-/m0/s1. The summed E-state index contributed by atoms with van der Waals surface area (Å²) in [6.45, 7) is 8.57. The highest BCUT2D eigenvalue weighted by Gasteiger charge is 2.34. The molecule has 0 aromatic heterocycles. The van der Waals surface area contributed by atoms with E-state index in [-0.39, 0.29) is 12.2 Å². The number of ether oxygens (including phenoxy) is 1. The third-order valence-electron chi connectivity index (χ3n) is 3.74. The molecule has 2 N–H and O–H groups in total. The largest absolute Gasteiger partial charge is 0.443 e. The lowest BCUT2D eigenvalue weighted by Crippen LogP contribution is -2.34. The molecule has 2 fully saturated rings. The van der Waals surface area contributed by atoms with E-state index in [0.29, 0.717) is 25.0 Å². The average Bonchev–Trinajstić information content (AvgIpc) is 2.87. The van der Waals surface area contributed by atoms with Crippen molar-refractivity contribution in [3.8, 4) is 0 Å². The molecule has 0 bridgehead atoms. The van der Waals surface area contributed by atoms with Crippen molar-refractivity contribution >= 4 is 6.09 Å². The van der Waals surface area contributed by atoms with E-state index in [1.165, 1.54) is 6.42 Å². The molecule has 1 amide bonds. The Hall–Kier alpha value is -0.810. The normalized spacial score (nSPS) is 30.4. The minimum Gasteiger partial charge on any atom is -0.443 e. The molecule has 5 nitrogen and oxygen atoms in total. The van der Waals surface area contributed by atoms with Gasteiger partial charge in [-0.05, 0) is 32.7 Å². The topological polar surface area (TPSA) is 58.8 Å². The molecule has 0 radical (unpaired) electrons. The van der Waals surface area contributed by atoms with Gasteiger partial charge in [0.15, 0.2) is 0 Å². The molecular weight excluding hydrogens is 218 g/mol. The molecule has 2 saturated heterocycles. The van der Waals surface area contributed by atoms with Crippen LogP contribution in [0.5, 0.6) is 0 Å². The maximum Gasteiger partial charge on any atom is 0.410 e. The molecule has 2 rings (SSSR count). The smallest absolute Gasteiger partial charge is 0.410 e. The van der Waals surface area contributed by atoms with Crippen molar-refractivity contribution in [3.05, 3.63) is 0 Å². The van der Waals surface area contributed by atoms with E-state index in [0.717, 1.165) is 19.6 Å². The molecule has 5 heteroatoms. The Balaban J connectivity index is 1.80. The number of cyclic esters (lactones) is 1. The minimum atomic E-state index is -0.191. The first-order valence-electron chi connectivity index (χ1n) is 6.49. The number of carbonyl (C=O) groups is 1. The van der Waals surface area contributed by atoms with Crippen LogP contribution < -0.4 is 5.73 Å². The molecule has 0 aromatic rings. The zero-order valence-corrected chi connectivity index (χ0v) is 10.8. The number of carbonyl (C=O) groups excluding carboxylic acids is 1. The summed E-state index contributed by atoms with van der Waals surface area (Å²) < 4.78 is 5.16. The first-order valence-corrected chi connectivity index (χ1v) is 6.49. The maximum absolute atomic E-state index is 11.6. The number of hydrogen-bond donors (Lipinski definition) is 1. The predicted octanol–water partition coefficient (Wildman–Crippen LogP) is 0.496. The van der Waals surface area contributed by atoms with Crippen molar-refractivity contribution in [1.82, 2.24) is 9.80 Å². The third-order valence-corrected chi connectivity index (χ3v) is 3.74. The summed E-state index contributed by atoms with van der Waals surface area (Å²) in [5, 5.41) is 0. The zero-order chi connectivity index (χ0) is 12.4. The molecule has 2 aliphatic rings. The van der Waals surface area contributed by atoms with Gasteiger partial charge in [0.1, 0.15) is 6.10 Å². The van der Waals surface area contributed by atoms with Crippen LogP contribution in [0.15, 0.2) is 0 Å². The Kier molecular flexibility index (Phi) is 3.89. The van der Waals surface area contributed by atoms with Gasteiger partial charge >= 0.3 is 6.09 Å². The van der Waals surface area contributed by atoms with Crippen LogP contribution in [-0.2, 0) is 4.74 Å². The second-order valence-corrected chi connectivity index (χ2v) is 5.39. The molecule has 2 aliphatic heterocycles. The van der Waals surface area contributed by atoms with Gasteiger partial charge in [-0.25, -0.2) is 4.79 Å². The van der Waals surface area contributed by atoms with Crippen LogP contribution >= 0.6 is 0 Å². The van der Waals surface area contributed by atoms with Gasteiger partial charge in [0.05, 0.1) is 6.54 Å². The molecule has 17 heavy (non-hydrogen) atoms. The van der Waals surface area contributed by atoms with Gasteiger partial charge in [-0.15, -0.1) is 0 Å². The summed E-state index contributed by atoms with van der Waals surface area (Å²) >= 11 is 0. The third kappa shape index (κ3) is 2.90. The van der Waals surface area contributed by atoms with Gasteiger partial charge < -0.3 is 20.3 Å². The summed E-state index contributed by atoms with van der Waals surface area (Å²) in [6, 6.07) is 0.599. The molecule has 98 valence electrons. The highest BCUT2D eigenvalue weighted by molar-refractivity contribution is 5.69. The Labute approximate surface area is 103 Å². The quantitative estimate of drug-likeness (QED) is 0.778. The van der Waals surface area contributed by atoms with E-state index >= 15 is 0 Å². The Morgan fingerprint density at radius 1 is 1.47 bits per heavy atom. The molecule has 0 spiro atoms. The van der Waals surface area contributed by atoms with Gasteiger partial charge in [0.2, 0.25) is 0 Å². The van der Waals surface area contributed by atoms with Crippen molar-refractivity contribution < 1.29 is 9.53 Å². The lowest BCUT2D eigenvalue weighted by Gasteiger charge is -2.22. The predicted molar refractivity (Wildman–Crippen MR) is 65.7 cm³/mol. The fourth-order valence-electron chi connectivity index (χ4n) is 2.64. The van der Waals surface area contributed by atoms with Crippen LogP contribution in [0.2, 0.25) is 0 Å². The maximum atomic E-state index is 11.6. The fraction of sp³-hybridized carbons (Fsp3) is 0.917. The van der Waals surface area contributed by atoms with E-state index < -0.39 is 0 Å². The second-order valence-electron chi connectivity index (χ2n) is 5.39. The molecule has 1 unspecified atom stereocenters. The van der Waals surface area contributed by atoms with Crippen LogP contribution in [0.3, 0.4) is 0 Å².